The molecule has 0 amide bonds. The van der Waals surface area contributed by atoms with Gasteiger partial charge < -0.3 is 9.90 Å². The minimum absolute atomic E-state index is 0.0330. The van der Waals surface area contributed by atoms with Crippen molar-refractivity contribution >= 4 is 5.97 Å². The first-order valence-corrected chi connectivity index (χ1v) is 4.36. The fourth-order valence-electron chi connectivity index (χ4n) is 1.26. The summed E-state index contributed by atoms with van der Waals surface area (Å²) in [6.07, 6.45) is 0.0864. The van der Waals surface area contributed by atoms with E-state index >= 15 is 0 Å². The highest BCUT2D eigenvalue weighted by atomic mass is 16.4. The fraction of sp³-hybridized carbons (Fsp3) is 0.364. The molecule has 1 aromatic rings. The van der Waals surface area contributed by atoms with E-state index in [0.29, 0.717) is 0 Å². The van der Waals surface area contributed by atoms with Crippen molar-refractivity contribution in [2.75, 3.05) is 0 Å². The van der Waals surface area contributed by atoms with Gasteiger partial charge in [-0.2, -0.15) is 0 Å². The van der Waals surface area contributed by atoms with Crippen LogP contribution in [0, 0.1) is 6.92 Å². The normalized spacial score (nSPS) is 12.5. The molecular formula is C11H13O2-. The first-order chi connectivity index (χ1) is 6.09. The van der Waals surface area contributed by atoms with Crippen LogP contribution in [0.15, 0.2) is 24.3 Å². The van der Waals surface area contributed by atoms with E-state index < -0.39 is 5.97 Å². The zero-order valence-corrected chi connectivity index (χ0v) is 7.91. The highest BCUT2D eigenvalue weighted by Crippen LogP contribution is 2.18. The van der Waals surface area contributed by atoms with Gasteiger partial charge in [0.05, 0.1) is 0 Å². The van der Waals surface area contributed by atoms with E-state index in [1.54, 1.807) is 0 Å². The molecule has 0 unspecified atom stereocenters. The Morgan fingerprint density at radius 3 is 2.38 bits per heavy atom. The quantitative estimate of drug-likeness (QED) is 0.696. The summed E-state index contributed by atoms with van der Waals surface area (Å²) in [5, 5.41) is 10.3. The van der Waals surface area contributed by atoms with Gasteiger partial charge in [-0.1, -0.05) is 36.8 Å². The van der Waals surface area contributed by atoms with Crippen LogP contribution in [0.25, 0.3) is 0 Å². The first kappa shape index (κ1) is 9.78. The van der Waals surface area contributed by atoms with Gasteiger partial charge in [0.1, 0.15) is 0 Å². The molecule has 0 radical (unpaired) electrons. The summed E-state index contributed by atoms with van der Waals surface area (Å²) >= 11 is 0. The van der Waals surface area contributed by atoms with Gasteiger partial charge in [0.25, 0.3) is 0 Å². The second-order valence-corrected chi connectivity index (χ2v) is 3.39. The van der Waals surface area contributed by atoms with Crippen molar-refractivity contribution in [3.05, 3.63) is 35.4 Å². The number of hydrogen-bond donors (Lipinski definition) is 0. The van der Waals surface area contributed by atoms with E-state index in [4.69, 9.17) is 0 Å². The van der Waals surface area contributed by atoms with Gasteiger partial charge in [-0.3, -0.25) is 0 Å². The molecule has 0 bridgehead atoms. The van der Waals surface area contributed by atoms with Crippen LogP contribution in [0.1, 0.15) is 30.4 Å². The molecule has 0 saturated carbocycles. The van der Waals surface area contributed by atoms with Crippen molar-refractivity contribution < 1.29 is 9.90 Å². The van der Waals surface area contributed by atoms with Gasteiger partial charge in [0.2, 0.25) is 0 Å². The minimum atomic E-state index is -0.993. The number of carbonyl (C=O) groups excluding carboxylic acids is 1. The number of aliphatic carboxylic acids is 1. The summed E-state index contributed by atoms with van der Waals surface area (Å²) in [5.74, 6) is -0.960. The summed E-state index contributed by atoms with van der Waals surface area (Å²) in [6, 6.07) is 7.90. The molecule has 0 N–H and O–H groups in total. The van der Waals surface area contributed by atoms with Crippen LogP contribution in [0.5, 0.6) is 0 Å². The molecule has 70 valence electrons. The van der Waals surface area contributed by atoms with Gasteiger partial charge in [0.15, 0.2) is 0 Å². The number of hydrogen-bond acceptors (Lipinski definition) is 2. The van der Waals surface area contributed by atoms with Crippen LogP contribution in [0.2, 0.25) is 0 Å². The van der Waals surface area contributed by atoms with E-state index in [2.05, 4.69) is 0 Å². The molecule has 0 aliphatic heterocycles. The third kappa shape index (κ3) is 2.90. The summed E-state index contributed by atoms with van der Waals surface area (Å²) in [6.45, 7) is 3.90. The molecule has 0 aromatic heterocycles. The van der Waals surface area contributed by atoms with Crippen LogP contribution < -0.4 is 5.11 Å². The van der Waals surface area contributed by atoms with Gasteiger partial charge in [-0.25, -0.2) is 0 Å². The lowest BCUT2D eigenvalue weighted by Crippen LogP contribution is -2.23. The molecule has 2 nitrogen and oxygen atoms in total. The average Bonchev–Trinajstić information content (AvgIpc) is 2.04. The highest BCUT2D eigenvalue weighted by molar-refractivity contribution is 5.65. The minimum Gasteiger partial charge on any atom is -0.550 e. The zero-order valence-electron chi connectivity index (χ0n) is 7.91. The summed E-state index contributed by atoms with van der Waals surface area (Å²) in [7, 11) is 0. The van der Waals surface area contributed by atoms with E-state index in [-0.39, 0.29) is 12.3 Å². The largest absolute Gasteiger partial charge is 0.550 e. The molecule has 0 aliphatic rings. The lowest BCUT2D eigenvalue weighted by atomic mass is 9.97. The topological polar surface area (TPSA) is 40.1 Å². The van der Waals surface area contributed by atoms with Gasteiger partial charge >= 0.3 is 0 Å². The van der Waals surface area contributed by atoms with Crippen molar-refractivity contribution in [1.82, 2.24) is 0 Å². The Hall–Kier alpha value is -1.31. The van der Waals surface area contributed by atoms with Crippen molar-refractivity contribution in [3.63, 3.8) is 0 Å². The number of rotatable bonds is 3. The van der Waals surface area contributed by atoms with E-state index in [9.17, 15) is 9.90 Å². The Labute approximate surface area is 78.2 Å². The van der Waals surface area contributed by atoms with Crippen molar-refractivity contribution in [3.8, 4) is 0 Å². The van der Waals surface area contributed by atoms with Crippen molar-refractivity contribution in [1.29, 1.82) is 0 Å². The van der Waals surface area contributed by atoms with Crippen LogP contribution in [0.4, 0.5) is 0 Å². The maximum absolute atomic E-state index is 10.3. The molecule has 0 aliphatic carbocycles. The molecule has 1 atom stereocenters. The summed E-state index contributed by atoms with van der Waals surface area (Å²) < 4.78 is 0. The Morgan fingerprint density at radius 1 is 1.38 bits per heavy atom. The average molecular weight is 177 g/mol. The lowest BCUT2D eigenvalue weighted by molar-refractivity contribution is -0.306. The van der Waals surface area contributed by atoms with E-state index in [0.717, 1.165) is 5.56 Å². The number of carboxylic acids is 1. The van der Waals surface area contributed by atoms with Gasteiger partial charge in [-0.15, -0.1) is 0 Å². The number of carboxylic acid groups (broad SMARTS) is 1. The van der Waals surface area contributed by atoms with Crippen molar-refractivity contribution in [2.45, 2.75) is 26.2 Å². The molecule has 2 heteroatoms. The SMILES string of the molecule is Cc1ccc([C@H](C)CC(=O)[O-])cc1. The summed E-state index contributed by atoms with van der Waals surface area (Å²) in [4.78, 5) is 10.3. The molecular weight excluding hydrogens is 164 g/mol. The Bertz CT molecular complexity index is 287. The molecule has 0 fully saturated rings. The van der Waals surface area contributed by atoms with Gasteiger partial charge in [0, 0.05) is 5.97 Å². The Kier molecular flexibility index (Phi) is 3.07. The second-order valence-electron chi connectivity index (χ2n) is 3.39. The third-order valence-electron chi connectivity index (χ3n) is 2.12. The summed E-state index contributed by atoms with van der Waals surface area (Å²) in [5.41, 5.74) is 2.24. The maximum atomic E-state index is 10.3. The van der Waals surface area contributed by atoms with Crippen LogP contribution in [-0.2, 0) is 4.79 Å². The monoisotopic (exact) mass is 177 g/mol. The van der Waals surface area contributed by atoms with Crippen LogP contribution in [-0.4, -0.2) is 5.97 Å². The molecule has 1 rings (SSSR count). The van der Waals surface area contributed by atoms with Crippen molar-refractivity contribution in [2.24, 2.45) is 0 Å². The number of aryl methyl sites for hydroxylation is 1. The standard InChI is InChI=1S/C11H14O2/c1-8-3-5-10(6-4-8)9(2)7-11(12)13/h3-6,9H,7H2,1-2H3,(H,12,13)/p-1/t9-/m1/s1. The first-order valence-electron chi connectivity index (χ1n) is 4.36. The third-order valence-corrected chi connectivity index (χ3v) is 2.12. The smallest absolute Gasteiger partial charge is 0.0420 e. The Morgan fingerprint density at radius 2 is 1.92 bits per heavy atom. The second kappa shape index (κ2) is 4.08. The van der Waals surface area contributed by atoms with Gasteiger partial charge in [-0.05, 0) is 24.8 Å². The molecule has 0 heterocycles. The molecule has 13 heavy (non-hydrogen) atoms. The van der Waals surface area contributed by atoms with E-state index in [1.807, 2.05) is 38.1 Å². The number of carbonyl (C=O) groups is 1. The lowest BCUT2D eigenvalue weighted by Gasteiger charge is -2.12. The van der Waals surface area contributed by atoms with Crippen LogP contribution >= 0.6 is 0 Å². The highest BCUT2D eigenvalue weighted by Gasteiger charge is 2.04. The Balaban J connectivity index is 2.71. The molecule has 0 spiro atoms. The van der Waals surface area contributed by atoms with Crippen LogP contribution in [0.3, 0.4) is 0 Å². The predicted octanol–water partition coefficient (Wildman–Crippen LogP) is 1.24. The maximum Gasteiger partial charge on any atom is 0.0420 e. The zero-order chi connectivity index (χ0) is 9.84. The number of benzene rings is 1. The van der Waals surface area contributed by atoms with E-state index in [1.165, 1.54) is 5.56 Å². The predicted molar refractivity (Wildman–Crippen MR) is 49.2 cm³/mol. The fourth-order valence-corrected chi connectivity index (χ4v) is 1.26. The molecule has 1 aromatic carbocycles. The molecule has 0 saturated heterocycles.